The second kappa shape index (κ2) is 4.76. The average Bonchev–Trinajstić information content (AvgIpc) is 2.37. The number of hydrogen-bond acceptors (Lipinski definition) is 3. The van der Waals surface area contributed by atoms with Crippen molar-refractivity contribution in [1.29, 1.82) is 5.26 Å². The molecule has 0 saturated heterocycles. The smallest absolute Gasteiger partial charge is 0.165 e. The molecule has 0 bridgehead atoms. The van der Waals surface area contributed by atoms with Crippen molar-refractivity contribution in [2.24, 2.45) is 0 Å². The Morgan fingerprint density at radius 3 is 2.56 bits per heavy atom. The van der Waals surface area contributed by atoms with Crippen LogP contribution in [0.5, 0.6) is 11.5 Å². The van der Waals surface area contributed by atoms with Crippen LogP contribution < -0.4 is 4.74 Å². The zero-order valence-electron chi connectivity index (χ0n) is 9.64. The van der Waals surface area contributed by atoms with Gasteiger partial charge < -0.3 is 9.84 Å². The van der Waals surface area contributed by atoms with E-state index in [0.717, 1.165) is 0 Å². The molecule has 0 atom stereocenters. The molecule has 3 nitrogen and oxygen atoms in total. The number of nitriles is 1. The second-order valence-electron chi connectivity index (χ2n) is 3.73. The van der Waals surface area contributed by atoms with Crippen LogP contribution >= 0.6 is 0 Å². The van der Waals surface area contributed by atoms with Gasteiger partial charge in [0.05, 0.1) is 18.7 Å². The van der Waals surface area contributed by atoms with Gasteiger partial charge in [-0.15, -0.1) is 0 Å². The van der Waals surface area contributed by atoms with Gasteiger partial charge in [0, 0.05) is 0 Å². The Balaban J connectivity index is 2.52. The van der Waals surface area contributed by atoms with Crippen molar-refractivity contribution in [2.75, 3.05) is 7.11 Å². The maximum absolute atomic E-state index is 13.6. The topological polar surface area (TPSA) is 53.2 Å². The van der Waals surface area contributed by atoms with Crippen molar-refractivity contribution >= 4 is 0 Å². The number of benzene rings is 2. The van der Waals surface area contributed by atoms with E-state index < -0.39 is 5.82 Å². The lowest BCUT2D eigenvalue weighted by molar-refractivity contribution is 0.386. The van der Waals surface area contributed by atoms with Crippen LogP contribution in [-0.2, 0) is 0 Å². The molecule has 4 heteroatoms. The van der Waals surface area contributed by atoms with Gasteiger partial charge in [-0.25, -0.2) is 4.39 Å². The van der Waals surface area contributed by atoms with Gasteiger partial charge in [-0.1, -0.05) is 6.07 Å². The first-order chi connectivity index (χ1) is 8.63. The second-order valence-corrected chi connectivity index (χ2v) is 3.73. The van der Waals surface area contributed by atoms with Crippen LogP contribution in [0.4, 0.5) is 4.39 Å². The van der Waals surface area contributed by atoms with E-state index in [2.05, 4.69) is 0 Å². The fourth-order valence-corrected chi connectivity index (χ4v) is 1.69. The van der Waals surface area contributed by atoms with Crippen LogP contribution in [-0.4, -0.2) is 12.2 Å². The van der Waals surface area contributed by atoms with Crippen molar-refractivity contribution in [3.63, 3.8) is 0 Å². The SMILES string of the molecule is COc1ccc(-c2cc(O)cc(C#N)c2)cc1F. The zero-order chi connectivity index (χ0) is 13.1. The molecular weight excluding hydrogens is 233 g/mol. The zero-order valence-corrected chi connectivity index (χ0v) is 9.64. The molecular formula is C14H10FNO2. The quantitative estimate of drug-likeness (QED) is 0.881. The molecule has 0 unspecified atom stereocenters. The number of methoxy groups -OCH3 is 1. The standard InChI is InChI=1S/C14H10FNO2/c1-18-14-3-2-10(7-13(14)15)11-4-9(8-16)5-12(17)6-11/h2-7,17H,1H3. The number of rotatable bonds is 2. The van der Waals surface area contributed by atoms with Crippen molar-refractivity contribution in [1.82, 2.24) is 0 Å². The van der Waals surface area contributed by atoms with Crippen LogP contribution in [0.25, 0.3) is 11.1 Å². The van der Waals surface area contributed by atoms with Crippen molar-refractivity contribution in [2.45, 2.75) is 0 Å². The maximum atomic E-state index is 13.6. The first kappa shape index (κ1) is 11.9. The summed E-state index contributed by atoms with van der Waals surface area (Å²) in [6.07, 6.45) is 0. The van der Waals surface area contributed by atoms with Gasteiger partial charge in [0.1, 0.15) is 5.75 Å². The minimum Gasteiger partial charge on any atom is -0.508 e. The molecule has 1 N–H and O–H groups in total. The molecule has 2 rings (SSSR count). The Kier molecular flexibility index (Phi) is 3.16. The van der Waals surface area contributed by atoms with E-state index in [9.17, 15) is 9.50 Å². The van der Waals surface area contributed by atoms with E-state index in [1.165, 1.54) is 31.4 Å². The molecule has 0 aliphatic carbocycles. The molecule has 0 fully saturated rings. The minimum absolute atomic E-state index is 0.0275. The van der Waals surface area contributed by atoms with Gasteiger partial charge in [0.15, 0.2) is 11.6 Å². The number of nitrogens with zero attached hydrogens (tertiary/aromatic N) is 1. The number of phenolic OH excluding ortho intramolecular Hbond substituents is 1. The van der Waals surface area contributed by atoms with E-state index in [-0.39, 0.29) is 11.5 Å². The highest BCUT2D eigenvalue weighted by molar-refractivity contribution is 5.68. The highest BCUT2D eigenvalue weighted by Crippen LogP contribution is 2.28. The van der Waals surface area contributed by atoms with Crippen LogP contribution in [0, 0.1) is 17.1 Å². The summed E-state index contributed by atoms with van der Waals surface area (Å²) in [6, 6.07) is 10.8. The Morgan fingerprint density at radius 1 is 1.17 bits per heavy atom. The lowest BCUT2D eigenvalue weighted by atomic mass is 10.0. The molecule has 0 radical (unpaired) electrons. The fourth-order valence-electron chi connectivity index (χ4n) is 1.69. The average molecular weight is 243 g/mol. The third-order valence-electron chi connectivity index (χ3n) is 2.53. The summed E-state index contributed by atoms with van der Waals surface area (Å²) >= 11 is 0. The van der Waals surface area contributed by atoms with Gasteiger partial charge in [0.25, 0.3) is 0 Å². The third kappa shape index (κ3) is 2.25. The Labute approximate surface area is 104 Å². The van der Waals surface area contributed by atoms with Crippen LogP contribution in [0.3, 0.4) is 0 Å². The Morgan fingerprint density at radius 2 is 1.94 bits per heavy atom. The molecule has 18 heavy (non-hydrogen) atoms. The number of hydrogen-bond donors (Lipinski definition) is 1. The molecule has 0 aliphatic rings. The van der Waals surface area contributed by atoms with E-state index in [4.69, 9.17) is 10.00 Å². The number of phenols is 1. The van der Waals surface area contributed by atoms with Crippen molar-refractivity contribution < 1.29 is 14.2 Å². The van der Waals surface area contributed by atoms with E-state index in [0.29, 0.717) is 16.7 Å². The summed E-state index contributed by atoms with van der Waals surface area (Å²) < 4.78 is 18.4. The molecule has 0 aromatic heterocycles. The molecule has 0 heterocycles. The molecule has 2 aromatic rings. The first-order valence-corrected chi connectivity index (χ1v) is 5.22. The molecule has 90 valence electrons. The molecule has 2 aromatic carbocycles. The van der Waals surface area contributed by atoms with Crippen molar-refractivity contribution in [3.8, 4) is 28.7 Å². The minimum atomic E-state index is -0.489. The molecule has 0 aliphatic heterocycles. The summed E-state index contributed by atoms with van der Waals surface area (Å²) in [5.41, 5.74) is 1.47. The maximum Gasteiger partial charge on any atom is 0.165 e. The highest BCUT2D eigenvalue weighted by Gasteiger charge is 2.07. The molecule has 0 spiro atoms. The highest BCUT2D eigenvalue weighted by atomic mass is 19.1. The van der Waals surface area contributed by atoms with Gasteiger partial charge in [-0.05, 0) is 41.5 Å². The summed E-state index contributed by atoms with van der Waals surface area (Å²) in [4.78, 5) is 0. The monoisotopic (exact) mass is 243 g/mol. The van der Waals surface area contributed by atoms with Gasteiger partial charge in [-0.2, -0.15) is 5.26 Å². The van der Waals surface area contributed by atoms with E-state index >= 15 is 0 Å². The molecule has 0 amide bonds. The van der Waals surface area contributed by atoms with E-state index in [1.54, 1.807) is 12.1 Å². The van der Waals surface area contributed by atoms with Gasteiger partial charge in [0.2, 0.25) is 0 Å². The molecule has 0 saturated carbocycles. The summed E-state index contributed by atoms with van der Waals surface area (Å²) in [5.74, 6) is -0.364. The van der Waals surface area contributed by atoms with E-state index in [1.807, 2.05) is 6.07 Å². The number of ether oxygens (including phenoxy) is 1. The normalized spacial score (nSPS) is 9.83. The summed E-state index contributed by atoms with van der Waals surface area (Å²) in [6.45, 7) is 0. The number of aromatic hydroxyl groups is 1. The predicted octanol–water partition coefficient (Wildman–Crippen LogP) is 3.08. The van der Waals surface area contributed by atoms with Crippen LogP contribution in [0.1, 0.15) is 5.56 Å². The summed E-state index contributed by atoms with van der Waals surface area (Å²) in [7, 11) is 1.39. The number of halogens is 1. The Hall–Kier alpha value is -2.54. The van der Waals surface area contributed by atoms with Gasteiger partial charge in [-0.3, -0.25) is 0 Å². The van der Waals surface area contributed by atoms with Crippen LogP contribution in [0.2, 0.25) is 0 Å². The van der Waals surface area contributed by atoms with Gasteiger partial charge >= 0.3 is 0 Å². The first-order valence-electron chi connectivity index (χ1n) is 5.22. The third-order valence-corrected chi connectivity index (χ3v) is 2.53. The van der Waals surface area contributed by atoms with Crippen molar-refractivity contribution in [3.05, 3.63) is 47.8 Å². The predicted molar refractivity (Wildman–Crippen MR) is 64.8 cm³/mol. The van der Waals surface area contributed by atoms with Crippen LogP contribution in [0.15, 0.2) is 36.4 Å². The lowest BCUT2D eigenvalue weighted by Gasteiger charge is -2.06. The fraction of sp³-hybridized carbons (Fsp3) is 0.0714. The largest absolute Gasteiger partial charge is 0.508 e. The summed E-state index contributed by atoms with van der Waals surface area (Å²) in [5, 5.41) is 18.3. The lowest BCUT2D eigenvalue weighted by Crippen LogP contribution is -1.89. The Bertz CT molecular complexity index is 632.